The molecule has 0 aromatic heterocycles. The summed E-state index contributed by atoms with van der Waals surface area (Å²) in [5, 5.41) is 25.3. The maximum Gasteiger partial charge on any atom is 0.142 e. The second kappa shape index (κ2) is 10.3. The van der Waals surface area contributed by atoms with Crippen molar-refractivity contribution in [2.45, 2.75) is 20.3 Å². The fraction of sp³-hybridized carbons (Fsp3) is 0.227. The van der Waals surface area contributed by atoms with Crippen LogP contribution < -0.4 is 4.90 Å². The molecule has 5 nitrogen and oxygen atoms in total. The van der Waals surface area contributed by atoms with E-state index in [0.29, 0.717) is 16.7 Å². The number of nitrogens with one attached hydrogen (secondary N) is 2. The number of rotatable bonds is 3. The number of fused-ring (bicyclic) bond motifs is 1. The summed E-state index contributed by atoms with van der Waals surface area (Å²) in [5.74, 6) is 0.620. The molecular formula is C22H25ClN4OS. The van der Waals surface area contributed by atoms with Crippen molar-refractivity contribution in [2.75, 3.05) is 17.7 Å². The minimum absolute atomic E-state index is 0.171. The van der Waals surface area contributed by atoms with Gasteiger partial charge in [-0.15, -0.1) is 0 Å². The molecule has 0 saturated heterocycles. The zero-order valence-electron chi connectivity index (χ0n) is 16.8. The van der Waals surface area contributed by atoms with Crippen molar-refractivity contribution >= 4 is 46.4 Å². The number of aliphatic hydroxyl groups excluding tert-OH is 1. The second-order valence-electron chi connectivity index (χ2n) is 6.34. The molecule has 152 valence electrons. The number of amidine groups is 2. The zero-order chi connectivity index (χ0) is 21.6. The van der Waals surface area contributed by atoms with Crippen LogP contribution in [0.3, 0.4) is 0 Å². The molecule has 1 aliphatic rings. The van der Waals surface area contributed by atoms with E-state index in [-0.39, 0.29) is 11.6 Å². The number of nitrogens with zero attached hydrogens (tertiary/aromatic N) is 2. The van der Waals surface area contributed by atoms with Gasteiger partial charge in [0.2, 0.25) is 0 Å². The molecule has 0 aliphatic carbocycles. The van der Waals surface area contributed by atoms with E-state index in [1.807, 2.05) is 36.4 Å². The molecule has 0 bridgehead atoms. The first-order chi connectivity index (χ1) is 13.8. The van der Waals surface area contributed by atoms with Crippen LogP contribution in [0.5, 0.6) is 0 Å². The van der Waals surface area contributed by atoms with Gasteiger partial charge in [-0.1, -0.05) is 48.5 Å². The van der Waals surface area contributed by atoms with Crippen molar-refractivity contribution in [3.05, 3.63) is 75.8 Å². The standard InChI is InChI=1S/C19H19ClN4.C3H6OS/c1-3-13-4-9-17-16(10-13)19(14-5-7-15(20)8-6-14)23-11-18(22)24(17)12(2)21;1-3(4)5-2/h4-10,21-22H,3,11H2,1-2H3;4H,1H2,2H3. The Balaban J connectivity index is 0.000000537. The third-order valence-electron chi connectivity index (χ3n) is 4.31. The summed E-state index contributed by atoms with van der Waals surface area (Å²) in [6, 6.07) is 13.7. The summed E-state index contributed by atoms with van der Waals surface area (Å²) < 4.78 is 0. The Morgan fingerprint density at radius 3 is 2.41 bits per heavy atom. The lowest BCUT2D eigenvalue weighted by Gasteiger charge is -2.24. The fourth-order valence-corrected chi connectivity index (χ4v) is 3.01. The van der Waals surface area contributed by atoms with E-state index in [1.165, 1.54) is 17.3 Å². The molecule has 1 aliphatic heterocycles. The summed E-state index contributed by atoms with van der Waals surface area (Å²) in [6.07, 6.45) is 2.69. The summed E-state index contributed by atoms with van der Waals surface area (Å²) >= 11 is 7.25. The predicted molar refractivity (Wildman–Crippen MR) is 127 cm³/mol. The first-order valence-corrected chi connectivity index (χ1v) is 10.7. The van der Waals surface area contributed by atoms with Crippen molar-refractivity contribution in [3.63, 3.8) is 0 Å². The topological polar surface area (TPSA) is 83.5 Å². The highest BCUT2D eigenvalue weighted by Gasteiger charge is 2.24. The van der Waals surface area contributed by atoms with Crippen LogP contribution >= 0.6 is 23.4 Å². The first kappa shape index (κ1) is 22.7. The van der Waals surface area contributed by atoms with E-state index in [9.17, 15) is 0 Å². The van der Waals surface area contributed by atoms with E-state index in [4.69, 9.17) is 27.5 Å². The largest absolute Gasteiger partial charge is 0.503 e. The quantitative estimate of drug-likeness (QED) is 0.322. The van der Waals surface area contributed by atoms with E-state index in [0.717, 1.165) is 28.9 Å². The minimum Gasteiger partial charge on any atom is -0.503 e. The molecule has 0 radical (unpaired) electrons. The number of benzodiazepines with no additional fused rings is 1. The molecule has 3 N–H and O–H groups in total. The molecular weight excluding hydrogens is 404 g/mol. The summed E-state index contributed by atoms with van der Waals surface area (Å²) in [7, 11) is 0. The van der Waals surface area contributed by atoms with Crippen LogP contribution in [0.4, 0.5) is 5.69 Å². The van der Waals surface area contributed by atoms with Gasteiger partial charge in [0.05, 0.1) is 17.9 Å². The number of aliphatic hydroxyl groups is 1. The smallest absolute Gasteiger partial charge is 0.142 e. The van der Waals surface area contributed by atoms with Crippen LogP contribution in [0.15, 0.2) is 59.1 Å². The van der Waals surface area contributed by atoms with Crippen LogP contribution in [0, 0.1) is 10.8 Å². The number of aliphatic imine (C=N–C) groups is 1. The number of anilines is 1. The number of halogens is 1. The van der Waals surface area contributed by atoms with Gasteiger partial charge >= 0.3 is 0 Å². The molecule has 0 spiro atoms. The number of aryl methyl sites for hydroxylation is 1. The summed E-state index contributed by atoms with van der Waals surface area (Å²) in [4.78, 5) is 6.32. The van der Waals surface area contributed by atoms with Gasteiger partial charge in [-0.05, 0) is 56.0 Å². The van der Waals surface area contributed by atoms with E-state index in [1.54, 1.807) is 18.1 Å². The predicted octanol–water partition coefficient (Wildman–Crippen LogP) is 5.91. The third-order valence-corrected chi connectivity index (χ3v) is 5.03. The molecule has 0 amide bonds. The molecule has 29 heavy (non-hydrogen) atoms. The Morgan fingerprint density at radius 2 is 1.90 bits per heavy atom. The van der Waals surface area contributed by atoms with Crippen LogP contribution in [0.25, 0.3) is 0 Å². The second-order valence-corrected chi connectivity index (χ2v) is 7.66. The fourth-order valence-electron chi connectivity index (χ4n) is 2.88. The van der Waals surface area contributed by atoms with Crippen molar-refractivity contribution in [1.29, 1.82) is 10.8 Å². The minimum atomic E-state index is 0.171. The van der Waals surface area contributed by atoms with Crippen molar-refractivity contribution in [1.82, 2.24) is 0 Å². The monoisotopic (exact) mass is 428 g/mol. The number of thioether (sulfide) groups is 1. The Hall–Kier alpha value is -2.57. The highest BCUT2D eigenvalue weighted by Crippen LogP contribution is 2.29. The first-order valence-electron chi connectivity index (χ1n) is 9.06. The van der Waals surface area contributed by atoms with Gasteiger partial charge in [-0.25, -0.2) is 0 Å². The van der Waals surface area contributed by atoms with Crippen molar-refractivity contribution < 1.29 is 5.11 Å². The van der Waals surface area contributed by atoms with Gasteiger partial charge in [0.15, 0.2) is 0 Å². The molecule has 2 aromatic rings. The van der Waals surface area contributed by atoms with Gasteiger partial charge in [-0.2, -0.15) is 0 Å². The van der Waals surface area contributed by atoms with Gasteiger partial charge < -0.3 is 5.11 Å². The lowest BCUT2D eigenvalue weighted by molar-refractivity contribution is 0.459. The van der Waals surface area contributed by atoms with E-state index < -0.39 is 0 Å². The molecule has 1 heterocycles. The molecule has 7 heteroatoms. The highest BCUT2D eigenvalue weighted by atomic mass is 35.5. The number of hydrogen-bond acceptors (Lipinski definition) is 5. The van der Waals surface area contributed by atoms with Gasteiger partial charge in [0.25, 0.3) is 0 Å². The van der Waals surface area contributed by atoms with E-state index >= 15 is 0 Å². The Kier molecular flexibility index (Phi) is 8.05. The lowest BCUT2D eigenvalue weighted by atomic mass is 9.97. The molecule has 0 saturated carbocycles. The molecule has 0 unspecified atom stereocenters. The highest BCUT2D eigenvalue weighted by molar-refractivity contribution is 8.02. The molecule has 0 fully saturated rings. The Bertz CT molecular complexity index is 954. The lowest BCUT2D eigenvalue weighted by Crippen LogP contribution is -2.35. The number of benzene rings is 2. The maximum absolute atomic E-state index is 8.29. The average Bonchev–Trinajstić information content (AvgIpc) is 2.84. The normalized spacial score (nSPS) is 12.9. The third kappa shape index (κ3) is 5.71. The van der Waals surface area contributed by atoms with Crippen LogP contribution in [-0.2, 0) is 6.42 Å². The average molecular weight is 429 g/mol. The Morgan fingerprint density at radius 1 is 1.28 bits per heavy atom. The molecule has 3 rings (SSSR count). The Labute approximate surface area is 181 Å². The van der Waals surface area contributed by atoms with Gasteiger partial charge in [0, 0.05) is 16.1 Å². The van der Waals surface area contributed by atoms with E-state index in [2.05, 4.69) is 24.6 Å². The van der Waals surface area contributed by atoms with Crippen molar-refractivity contribution in [3.8, 4) is 0 Å². The van der Waals surface area contributed by atoms with Crippen molar-refractivity contribution in [2.24, 2.45) is 4.99 Å². The van der Waals surface area contributed by atoms with Gasteiger partial charge in [-0.3, -0.25) is 20.7 Å². The summed E-state index contributed by atoms with van der Waals surface area (Å²) in [6.45, 7) is 7.24. The van der Waals surface area contributed by atoms with Crippen LogP contribution in [0.2, 0.25) is 5.02 Å². The van der Waals surface area contributed by atoms with Crippen LogP contribution in [-0.4, -0.2) is 35.3 Å². The van der Waals surface area contributed by atoms with Crippen LogP contribution in [0.1, 0.15) is 30.5 Å². The SMILES string of the molecule is C=C(O)SC.CCc1ccc2c(c1)C(c1ccc(Cl)cc1)=NCC(=N)N2C(C)=N. The maximum atomic E-state index is 8.29. The number of hydrogen-bond donors (Lipinski definition) is 3. The van der Waals surface area contributed by atoms with Gasteiger partial charge in [0.1, 0.15) is 16.8 Å². The molecule has 2 aromatic carbocycles. The zero-order valence-corrected chi connectivity index (χ0v) is 18.4. The molecule has 0 atom stereocenters. The summed E-state index contributed by atoms with van der Waals surface area (Å²) in [5.41, 5.74) is 4.78.